The van der Waals surface area contributed by atoms with Gasteiger partial charge in [0, 0.05) is 6.92 Å². The third-order valence-electron chi connectivity index (χ3n) is 0.875. The maximum Gasteiger partial charge on any atom is 0.320 e. The maximum atomic E-state index is 10.5. The second kappa shape index (κ2) is 6.16. The molecule has 66 valence electrons. The Morgan fingerprint density at radius 1 is 1.33 bits per heavy atom. The number of nitriles is 1. The zero-order chi connectivity index (χ0) is 9.40. The first kappa shape index (κ1) is 10.4. The molecule has 0 atom stereocenters. The van der Waals surface area contributed by atoms with E-state index in [-0.39, 0.29) is 19.6 Å². The van der Waals surface area contributed by atoms with E-state index in [9.17, 15) is 9.59 Å². The molecule has 0 heterocycles. The normalized spacial score (nSPS) is 8.33. The monoisotopic (exact) mass is 171 g/mol. The predicted octanol–water partition coefficient (Wildman–Crippen LogP) is 0.00638. The lowest BCUT2D eigenvalue weighted by Crippen LogP contribution is -2.11. The van der Waals surface area contributed by atoms with E-state index in [0.29, 0.717) is 0 Å². The molecular formula is C7H9NO4. The highest BCUT2D eigenvalue weighted by Crippen LogP contribution is 1.85. The van der Waals surface area contributed by atoms with Crippen molar-refractivity contribution in [2.24, 2.45) is 0 Å². The summed E-state index contributed by atoms with van der Waals surface area (Å²) in [4.78, 5) is 20.7. The molecule has 0 bridgehead atoms. The highest BCUT2D eigenvalue weighted by atomic mass is 16.6. The smallest absolute Gasteiger partial charge is 0.320 e. The number of rotatable bonds is 4. The summed E-state index contributed by atoms with van der Waals surface area (Å²) in [6, 6.07) is 1.63. The van der Waals surface area contributed by atoms with Gasteiger partial charge in [0.05, 0.1) is 6.07 Å². The van der Waals surface area contributed by atoms with E-state index in [1.807, 2.05) is 0 Å². The number of nitrogens with zero attached hydrogens (tertiary/aromatic N) is 1. The molecule has 0 aliphatic rings. The second-order valence-electron chi connectivity index (χ2n) is 1.90. The van der Waals surface area contributed by atoms with Crippen LogP contribution in [0.5, 0.6) is 0 Å². The lowest BCUT2D eigenvalue weighted by Gasteiger charge is -2.01. The summed E-state index contributed by atoms with van der Waals surface area (Å²) >= 11 is 0. The van der Waals surface area contributed by atoms with Crippen LogP contribution >= 0.6 is 0 Å². The minimum Gasteiger partial charge on any atom is -0.462 e. The summed E-state index contributed by atoms with van der Waals surface area (Å²) in [5, 5.41) is 8.05. The van der Waals surface area contributed by atoms with Crippen LogP contribution in [-0.2, 0) is 19.1 Å². The van der Waals surface area contributed by atoms with Crippen LogP contribution in [-0.4, -0.2) is 25.2 Å². The van der Waals surface area contributed by atoms with Gasteiger partial charge in [-0.1, -0.05) is 0 Å². The largest absolute Gasteiger partial charge is 0.462 e. The zero-order valence-electron chi connectivity index (χ0n) is 6.70. The van der Waals surface area contributed by atoms with Gasteiger partial charge in [-0.15, -0.1) is 0 Å². The van der Waals surface area contributed by atoms with Gasteiger partial charge in [-0.2, -0.15) is 5.26 Å². The first-order chi connectivity index (χ1) is 5.66. The minimum absolute atomic E-state index is 0.0000926. The molecule has 0 amide bonds. The maximum absolute atomic E-state index is 10.5. The van der Waals surface area contributed by atoms with Crippen molar-refractivity contribution < 1.29 is 19.1 Å². The van der Waals surface area contributed by atoms with E-state index in [1.165, 1.54) is 6.92 Å². The van der Waals surface area contributed by atoms with E-state index < -0.39 is 11.9 Å². The number of carbonyl (C=O) groups is 2. The molecule has 0 unspecified atom stereocenters. The molecule has 12 heavy (non-hydrogen) atoms. The standard InChI is InChI=1S/C7H9NO4/c1-6(9)11-4-5-12-7(10)2-3-8/h2,4-5H2,1H3. The Morgan fingerprint density at radius 3 is 2.42 bits per heavy atom. The summed E-state index contributed by atoms with van der Waals surface area (Å²) in [7, 11) is 0. The molecule has 0 fully saturated rings. The molecule has 0 spiro atoms. The van der Waals surface area contributed by atoms with Crippen LogP contribution in [0.4, 0.5) is 0 Å². The van der Waals surface area contributed by atoms with Crippen molar-refractivity contribution in [3.63, 3.8) is 0 Å². The van der Waals surface area contributed by atoms with Crippen LogP contribution in [0.3, 0.4) is 0 Å². The molecule has 0 saturated carbocycles. The number of esters is 2. The van der Waals surface area contributed by atoms with Gasteiger partial charge in [-0.25, -0.2) is 0 Å². The van der Waals surface area contributed by atoms with Gasteiger partial charge in [-0.05, 0) is 0 Å². The summed E-state index contributed by atoms with van der Waals surface area (Å²) in [6.07, 6.45) is -0.278. The predicted molar refractivity (Wildman–Crippen MR) is 37.8 cm³/mol. The lowest BCUT2D eigenvalue weighted by atomic mass is 10.5. The lowest BCUT2D eigenvalue weighted by molar-refractivity contribution is -0.150. The number of hydrogen-bond donors (Lipinski definition) is 0. The van der Waals surface area contributed by atoms with Crippen LogP contribution in [0.1, 0.15) is 13.3 Å². The summed E-state index contributed by atoms with van der Waals surface area (Å²) in [6.45, 7) is 1.30. The van der Waals surface area contributed by atoms with E-state index in [4.69, 9.17) is 5.26 Å². The Kier molecular flexibility index (Phi) is 5.35. The molecule has 0 aliphatic carbocycles. The quantitative estimate of drug-likeness (QED) is 0.439. The molecule has 5 nitrogen and oxygen atoms in total. The molecule has 0 radical (unpaired) electrons. The zero-order valence-corrected chi connectivity index (χ0v) is 6.70. The van der Waals surface area contributed by atoms with Crippen molar-refractivity contribution >= 4 is 11.9 Å². The third-order valence-corrected chi connectivity index (χ3v) is 0.875. The van der Waals surface area contributed by atoms with Crippen molar-refractivity contribution in [2.45, 2.75) is 13.3 Å². The molecule has 0 aromatic heterocycles. The minimum atomic E-state index is -0.607. The average Bonchev–Trinajstić information content (AvgIpc) is 1.98. The molecular weight excluding hydrogens is 162 g/mol. The fraction of sp³-hybridized carbons (Fsp3) is 0.571. The Morgan fingerprint density at radius 2 is 1.92 bits per heavy atom. The van der Waals surface area contributed by atoms with Crippen molar-refractivity contribution in [1.29, 1.82) is 5.26 Å². The Hall–Kier alpha value is -1.57. The van der Waals surface area contributed by atoms with Gasteiger partial charge in [0.2, 0.25) is 0 Å². The van der Waals surface area contributed by atoms with E-state index in [1.54, 1.807) is 6.07 Å². The highest BCUT2D eigenvalue weighted by Gasteiger charge is 2.00. The van der Waals surface area contributed by atoms with Gasteiger partial charge in [-0.3, -0.25) is 9.59 Å². The Labute approximate surface area is 69.9 Å². The highest BCUT2D eigenvalue weighted by molar-refractivity contribution is 5.71. The third kappa shape index (κ3) is 6.55. The first-order valence-electron chi connectivity index (χ1n) is 3.32. The molecule has 5 heteroatoms. The molecule has 0 rings (SSSR count). The first-order valence-corrected chi connectivity index (χ1v) is 3.32. The molecule has 0 aromatic rings. The van der Waals surface area contributed by atoms with Crippen LogP contribution in [0.25, 0.3) is 0 Å². The molecule has 0 aliphatic heterocycles. The number of hydrogen-bond acceptors (Lipinski definition) is 5. The van der Waals surface area contributed by atoms with Crippen molar-refractivity contribution in [1.82, 2.24) is 0 Å². The van der Waals surface area contributed by atoms with Gasteiger partial charge in [0.25, 0.3) is 0 Å². The van der Waals surface area contributed by atoms with Crippen molar-refractivity contribution in [2.75, 3.05) is 13.2 Å². The fourth-order valence-electron chi connectivity index (χ4n) is 0.456. The van der Waals surface area contributed by atoms with Gasteiger partial charge in [0.15, 0.2) is 0 Å². The van der Waals surface area contributed by atoms with E-state index in [0.717, 1.165) is 0 Å². The molecule has 0 saturated heterocycles. The average molecular weight is 171 g/mol. The van der Waals surface area contributed by atoms with E-state index >= 15 is 0 Å². The van der Waals surface area contributed by atoms with Crippen LogP contribution < -0.4 is 0 Å². The SMILES string of the molecule is CC(=O)OCCOC(=O)CC#N. The summed E-state index contributed by atoms with van der Waals surface area (Å²) in [5.41, 5.74) is 0. The molecule has 0 aromatic carbocycles. The van der Waals surface area contributed by atoms with Crippen molar-refractivity contribution in [3.8, 4) is 6.07 Å². The number of ether oxygens (including phenoxy) is 2. The Bertz CT molecular complexity index is 206. The van der Waals surface area contributed by atoms with Crippen LogP contribution in [0.15, 0.2) is 0 Å². The van der Waals surface area contributed by atoms with Crippen LogP contribution in [0, 0.1) is 11.3 Å². The molecule has 0 N–H and O–H groups in total. The van der Waals surface area contributed by atoms with Gasteiger partial charge < -0.3 is 9.47 Å². The second-order valence-corrected chi connectivity index (χ2v) is 1.90. The topological polar surface area (TPSA) is 76.4 Å². The van der Waals surface area contributed by atoms with Gasteiger partial charge >= 0.3 is 11.9 Å². The number of carbonyl (C=O) groups excluding carboxylic acids is 2. The summed E-state index contributed by atoms with van der Waals surface area (Å²) in [5.74, 6) is -1.03. The van der Waals surface area contributed by atoms with E-state index in [2.05, 4.69) is 9.47 Å². The fourth-order valence-corrected chi connectivity index (χ4v) is 0.456. The van der Waals surface area contributed by atoms with Crippen LogP contribution in [0.2, 0.25) is 0 Å². The Balaban J connectivity index is 3.27. The van der Waals surface area contributed by atoms with Gasteiger partial charge in [0.1, 0.15) is 19.6 Å². The summed E-state index contributed by atoms with van der Waals surface area (Å²) < 4.78 is 8.97. The van der Waals surface area contributed by atoms with Crippen molar-refractivity contribution in [3.05, 3.63) is 0 Å².